The van der Waals surface area contributed by atoms with Gasteiger partial charge in [-0.25, -0.2) is 0 Å². The molecule has 0 bridgehead atoms. The van der Waals surface area contributed by atoms with E-state index in [9.17, 15) is 18.0 Å². The largest absolute Gasteiger partial charge is 0.496 e. The predicted octanol–water partition coefficient (Wildman–Crippen LogP) is 4.59. The molecule has 1 amide bonds. The molecule has 2 aromatic carbocycles. The lowest BCUT2D eigenvalue weighted by Crippen LogP contribution is -2.49. The fraction of sp³-hybridized carbons (Fsp3) is 0.462. The maximum absolute atomic E-state index is 13.5. The van der Waals surface area contributed by atoms with Crippen molar-refractivity contribution >= 4 is 11.6 Å². The van der Waals surface area contributed by atoms with Gasteiger partial charge < -0.3 is 19.3 Å². The highest BCUT2D eigenvalue weighted by molar-refractivity contribution is 5.97. The van der Waals surface area contributed by atoms with Crippen LogP contribution < -0.4 is 9.64 Å². The minimum absolute atomic E-state index is 0.0198. The molecule has 2 fully saturated rings. The van der Waals surface area contributed by atoms with E-state index in [4.69, 9.17) is 14.7 Å². The smallest absolute Gasteiger partial charge is 0.417 e. The molecule has 35 heavy (non-hydrogen) atoms. The van der Waals surface area contributed by atoms with Crippen LogP contribution in [0.4, 0.5) is 18.9 Å². The van der Waals surface area contributed by atoms with Gasteiger partial charge in [-0.15, -0.1) is 0 Å². The molecule has 4 rings (SSSR count). The fourth-order valence-electron chi connectivity index (χ4n) is 5.27. The van der Waals surface area contributed by atoms with Crippen LogP contribution in [0, 0.1) is 22.7 Å². The van der Waals surface area contributed by atoms with Gasteiger partial charge in [0.15, 0.2) is 0 Å². The van der Waals surface area contributed by atoms with Crippen molar-refractivity contribution in [1.82, 2.24) is 4.90 Å². The number of hydrogen-bond donors (Lipinski definition) is 0. The van der Waals surface area contributed by atoms with E-state index in [0.717, 1.165) is 6.07 Å². The Morgan fingerprint density at radius 1 is 1.23 bits per heavy atom. The average molecular weight is 488 g/mol. The van der Waals surface area contributed by atoms with E-state index in [-0.39, 0.29) is 17.2 Å². The summed E-state index contributed by atoms with van der Waals surface area (Å²) in [6.07, 6.45) is -3.93. The monoisotopic (exact) mass is 487 g/mol. The van der Waals surface area contributed by atoms with Crippen LogP contribution in [-0.2, 0) is 10.9 Å². The van der Waals surface area contributed by atoms with Crippen LogP contribution in [-0.4, -0.2) is 57.3 Å². The lowest BCUT2D eigenvalue weighted by molar-refractivity contribution is -0.137. The Labute approximate surface area is 202 Å². The number of ether oxygens (including phenoxy) is 2. The number of carbonyl (C=O) groups is 1. The van der Waals surface area contributed by atoms with Crippen LogP contribution in [0.3, 0.4) is 0 Å². The number of nitrogens with zero attached hydrogens (tertiary/aromatic N) is 3. The third-order valence-electron chi connectivity index (χ3n) is 7.15. The molecule has 2 atom stereocenters. The lowest BCUT2D eigenvalue weighted by Gasteiger charge is -2.44. The zero-order valence-electron chi connectivity index (χ0n) is 19.8. The van der Waals surface area contributed by atoms with Crippen LogP contribution in [0.2, 0.25) is 0 Å². The quantitative estimate of drug-likeness (QED) is 0.596. The normalized spacial score (nSPS) is 22.0. The number of methoxy groups -OCH3 is 1. The van der Waals surface area contributed by atoms with Crippen molar-refractivity contribution in [3.63, 3.8) is 0 Å². The summed E-state index contributed by atoms with van der Waals surface area (Å²) in [6, 6.07) is 12.6. The number of rotatable bonds is 6. The highest BCUT2D eigenvalue weighted by atomic mass is 19.4. The van der Waals surface area contributed by atoms with Gasteiger partial charge in [0.1, 0.15) is 5.75 Å². The number of piperidine rings is 1. The number of hydrogen-bond acceptors (Lipinski definition) is 5. The molecule has 2 heterocycles. The number of carbonyl (C=O) groups excluding carboxylic acids is 1. The minimum Gasteiger partial charge on any atom is -0.496 e. The van der Waals surface area contributed by atoms with Crippen molar-refractivity contribution in [2.24, 2.45) is 11.3 Å². The first-order valence-corrected chi connectivity index (χ1v) is 11.6. The Balaban J connectivity index is 1.60. The molecule has 2 aliphatic rings. The molecule has 2 saturated heterocycles. The van der Waals surface area contributed by atoms with Crippen LogP contribution >= 0.6 is 0 Å². The van der Waals surface area contributed by atoms with Crippen LogP contribution in [0.5, 0.6) is 5.75 Å². The van der Waals surface area contributed by atoms with Gasteiger partial charge in [0.2, 0.25) is 0 Å². The van der Waals surface area contributed by atoms with Gasteiger partial charge in [0.25, 0.3) is 5.91 Å². The van der Waals surface area contributed by atoms with Gasteiger partial charge in [-0.1, -0.05) is 12.1 Å². The molecule has 9 heteroatoms. The van der Waals surface area contributed by atoms with E-state index in [0.29, 0.717) is 62.8 Å². The van der Waals surface area contributed by atoms with E-state index in [2.05, 4.69) is 0 Å². The van der Waals surface area contributed by atoms with E-state index in [1.165, 1.54) is 13.2 Å². The van der Waals surface area contributed by atoms with Gasteiger partial charge in [0.05, 0.1) is 36.5 Å². The first-order valence-electron chi connectivity index (χ1n) is 11.6. The van der Waals surface area contributed by atoms with E-state index in [1.54, 1.807) is 36.4 Å². The number of anilines is 1. The number of halogens is 3. The maximum Gasteiger partial charge on any atom is 0.417 e. The zero-order chi connectivity index (χ0) is 25.2. The van der Waals surface area contributed by atoms with Gasteiger partial charge in [0, 0.05) is 49.8 Å². The van der Waals surface area contributed by atoms with E-state index in [1.807, 2.05) is 16.7 Å². The molecular formula is C26H28F3N3O3. The molecule has 0 spiro atoms. The Morgan fingerprint density at radius 3 is 2.69 bits per heavy atom. The summed E-state index contributed by atoms with van der Waals surface area (Å²) in [5.74, 6) is 0.397. The summed E-state index contributed by atoms with van der Waals surface area (Å²) >= 11 is 0. The second-order valence-electron chi connectivity index (χ2n) is 9.12. The number of para-hydroxylation sites is 1. The standard InChI is InChI=1S/C26H28F3N3O3/c1-3-35-17-25-10-11-31(20-9-8-18(13-30)22(12-20)26(27,28)29)14-19(25)15-32(16-25)24(33)21-6-4-5-7-23(21)34-2/h4-9,12,19H,3,10-11,14-17H2,1-2H3/t19-,25+/m1/s1. The maximum atomic E-state index is 13.5. The molecule has 0 aromatic heterocycles. The molecule has 0 saturated carbocycles. The van der Waals surface area contributed by atoms with E-state index >= 15 is 0 Å². The number of alkyl halides is 3. The van der Waals surface area contributed by atoms with Crippen molar-refractivity contribution < 1.29 is 27.4 Å². The average Bonchev–Trinajstić information content (AvgIpc) is 3.25. The highest BCUT2D eigenvalue weighted by Crippen LogP contribution is 2.45. The van der Waals surface area contributed by atoms with Gasteiger partial charge >= 0.3 is 6.18 Å². The summed E-state index contributed by atoms with van der Waals surface area (Å²) in [4.78, 5) is 17.1. The predicted molar refractivity (Wildman–Crippen MR) is 124 cm³/mol. The van der Waals surface area contributed by atoms with Gasteiger partial charge in [-0.05, 0) is 43.7 Å². The summed E-state index contributed by atoms with van der Waals surface area (Å²) in [6.45, 7) is 4.97. The molecule has 0 aliphatic carbocycles. The molecule has 0 N–H and O–H groups in total. The van der Waals surface area contributed by atoms with Crippen LogP contribution in [0.25, 0.3) is 0 Å². The number of benzene rings is 2. The molecule has 186 valence electrons. The molecule has 0 radical (unpaired) electrons. The molecule has 2 aliphatic heterocycles. The Hall–Kier alpha value is -3.25. The minimum atomic E-state index is -4.61. The first-order chi connectivity index (χ1) is 16.7. The van der Waals surface area contributed by atoms with Crippen molar-refractivity contribution in [2.75, 3.05) is 51.4 Å². The third kappa shape index (κ3) is 4.80. The van der Waals surface area contributed by atoms with Gasteiger partial charge in [-0.3, -0.25) is 4.79 Å². The van der Waals surface area contributed by atoms with Crippen molar-refractivity contribution in [3.8, 4) is 11.8 Å². The first kappa shape index (κ1) is 24.9. The van der Waals surface area contributed by atoms with Crippen molar-refractivity contribution in [1.29, 1.82) is 5.26 Å². The Morgan fingerprint density at radius 2 is 2.00 bits per heavy atom. The summed E-state index contributed by atoms with van der Waals surface area (Å²) in [7, 11) is 1.52. The lowest BCUT2D eigenvalue weighted by atomic mass is 9.73. The Kier molecular flexibility index (Phi) is 6.95. The number of nitriles is 1. The molecule has 0 unspecified atom stereocenters. The SMILES string of the molecule is CCOC[C@@]12CCN(c3ccc(C#N)c(C(F)(F)F)c3)C[C@@H]1CN(C(=O)c1ccccc1OC)C2. The van der Waals surface area contributed by atoms with Crippen LogP contribution in [0.15, 0.2) is 42.5 Å². The third-order valence-corrected chi connectivity index (χ3v) is 7.15. The molecule has 6 nitrogen and oxygen atoms in total. The molecular weight excluding hydrogens is 459 g/mol. The second kappa shape index (κ2) is 9.78. The fourth-order valence-corrected chi connectivity index (χ4v) is 5.27. The second-order valence-corrected chi connectivity index (χ2v) is 9.12. The summed E-state index contributed by atoms with van der Waals surface area (Å²) in [5, 5.41) is 9.11. The van der Waals surface area contributed by atoms with Gasteiger partial charge in [-0.2, -0.15) is 18.4 Å². The number of likely N-dealkylation sites (tertiary alicyclic amines) is 1. The number of amides is 1. The molecule has 2 aromatic rings. The number of fused-ring (bicyclic) bond motifs is 1. The summed E-state index contributed by atoms with van der Waals surface area (Å²) < 4.78 is 51.8. The van der Waals surface area contributed by atoms with Crippen molar-refractivity contribution in [2.45, 2.75) is 19.5 Å². The Bertz CT molecular complexity index is 1130. The topological polar surface area (TPSA) is 65.8 Å². The highest BCUT2D eigenvalue weighted by Gasteiger charge is 2.51. The zero-order valence-corrected chi connectivity index (χ0v) is 19.8. The van der Waals surface area contributed by atoms with Crippen LogP contribution in [0.1, 0.15) is 34.8 Å². The summed E-state index contributed by atoms with van der Waals surface area (Å²) in [5.41, 5.74) is -0.680. The van der Waals surface area contributed by atoms with Crippen molar-refractivity contribution in [3.05, 3.63) is 59.2 Å². The van der Waals surface area contributed by atoms with E-state index < -0.39 is 17.3 Å².